The molecule has 1 saturated carbocycles. The molecule has 0 spiro atoms. The second-order valence-electron chi connectivity index (χ2n) is 9.87. The maximum absolute atomic E-state index is 12.7. The fourth-order valence-corrected chi connectivity index (χ4v) is 6.39. The van der Waals surface area contributed by atoms with E-state index in [2.05, 4.69) is 14.9 Å². The molecule has 0 unspecified atom stereocenters. The zero-order valence-electron chi connectivity index (χ0n) is 20.2. The predicted molar refractivity (Wildman–Crippen MR) is 131 cm³/mol. The smallest absolute Gasteiger partial charge is 0.410 e. The van der Waals surface area contributed by atoms with Crippen molar-refractivity contribution in [1.82, 2.24) is 14.9 Å². The summed E-state index contributed by atoms with van der Waals surface area (Å²) in [5.74, 6) is 1.79. The molecule has 3 heterocycles. The molecule has 1 aromatic heterocycles. The second-order valence-corrected chi connectivity index (χ2v) is 11.9. The minimum absolute atomic E-state index is 0.0362. The number of hydrogen-bond donors (Lipinski definition) is 0. The quantitative estimate of drug-likeness (QED) is 0.567. The number of ether oxygens (including phenoxy) is 2. The fraction of sp³-hybridized carbons (Fsp3) is 0.560. The first kappa shape index (κ1) is 23.8. The molecule has 188 valence electrons. The van der Waals surface area contributed by atoms with Crippen LogP contribution in [0.5, 0.6) is 5.88 Å². The van der Waals surface area contributed by atoms with Crippen molar-refractivity contribution < 1.29 is 22.7 Å². The van der Waals surface area contributed by atoms with Gasteiger partial charge in [0.15, 0.2) is 9.84 Å². The average Bonchev–Trinajstić information content (AvgIpc) is 3.52. The number of benzene rings is 1. The van der Waals surface area contributed by atoms with E-state index in [1.165, 1.54) is 6.33 Å². The third kappa shape index (κ3) is 5.52. The molecular formula is C25H32N4O5S. The third-order valence-electron chi connectivity index (χ3n) is 6.69. The van der Waals surface area contributed by atoms with Gasteiger partial charge >= 0.3 is 6.09 Å². The van der Waals surface area contributed by atoms with Crippen molar-refractivity contribution in [3.05, 3.63) is 36.2 Å². The van der Waals surface area contributed by atoms with Gasteiger partial charge in [0, 0.05) is 44.2 Å². The number of likely N-dealkylation sites (tertiary alicyclic amines) is 1. The number of nitrogens with zero attached hydrogens (tertiary/aromatic N) is 4. The lowest BCUT2D eigenvalue weighted by molar-refractivity contribution is 0.0507. The summed E-state index contributed by atoms with van der Waals surface area (Å²) in [5.41, 5.74) is 1.99. The van der Waals surface area contributed by atoms with Gasteiger partial charge in [-0.2, -0.15) is 0 Å². The standard InChI is InChI=1S/C25H32N4O5S/c1-17(2)33-25(30)28-10-8-20(9-11-28)34-24-14-23(26-16-27-24)29-12-7-19-13-21(5-6-22(19)29)35(31,32)15-18-3-4-18/h5-6,13-14,16-18,20H,3-4,7-12,15H2,1-2H3. The SMILES string of the molecule is CC(C)OC(=O)N1CCC(Oc2cc(N3CCc4cc(S(=O)(=O)CC5CC5)ccc43)ncn2)CC1. The van der Waals surface area contributed by atoms with E-state index in [1.54, 1.807) is 11.0 Å². The lowest BCUT2D eigenvalue weighted by atomic mass is 10.1. The van der Waals surface area contributed by atoms with Crippen LogP contribution in [-0.4, -0.2) is 67.0 Å². The molecule has 0 bridgehead atoms. The molecule has 1 saturated heterocycles. The number of anilines is 2. The van der Waals surface area contributed by atoms with Crippen molar-refractivity contribution in [1.29, 1.82) is 0 Å². The first-order chi connectivity index (χ1) is 16.8. The fourth-order valence-electron chi connectivity index (χ4n) is 4.65. The van der Waals surface area contributed by atoms with Crippen LogP contribution in [0.4, 0.5) is 16.3 Å². The minimum atomic E-state index is -3.24. The monoisotopic (exact) mass is 500 g/mol. The lowest BCUT2D eigenvalue weighted by Crippen LogP contribution is -2.42. The zero-order valence-corrected chi connectivity index (χ0v) is 21.0. The summed E-state index contributed by atoms with van der Waals surface area (Å²) >= 11 is 0. The van der Waals surface area contributed by atoms with Crippen molar-refractivity contribution in [2.45, 2.75) is 63.1 Å². The topological polar surface area (TPSA) is 102 Å². The van der Waals surface area contributed by atoms with Crippen molar-refractivity contribution in [3.63, 3.8) is 0 Å². The van der Waals surface area contributed by atoms with Crippen LogP contribution in [0.25, 0.3) is 0 Å². The third-order valence-corrected chi connectivity index (χ3v) is 8.57. The molecule has 10 heteroatoms. The van der Waals surface area contributed by atoms with Gasteiger partial charge in [-0.3, -0.25) is 0 Å². The molecule has 1 aliphatic carbocycles. The van der Waals surface area contributed by atoms with Gasteiger partial charge in [0.25, 0.3) is 0 Å². The Kier molecular flexibility index (Phi) is 6.57. The number of aromatic nitrogens is 2. The highest BCUT2D eigenvalue weighted by Crippen LogP contribution is 2.37. The number of piperidine rings is 1. The maximum atomic E-state index is 12.7. The Bertz CT molecular complexity index is 1190. The number of sulfone groups is 1. The molecule has 1 amide bonds. The molecule has 2 aliphatic heterocycles. The molecule has 0 N–H and O–H groups in total. The van der Waals surface area contributed by atoms with E-state index in [0.717, 1.165) is 36.3 Å². The Balaban J connectivity index is 1.23. The van der Waals surface area contributed by atoms with Crippen LogP contribution in [-0.2, 0) is 21.0 Å². The number of carbonyl (C=O) groups excluding carboxylic acids is 1. The minimum Gasteiger partial charge on any atom is -0.474 e. The van der Waals surface area contributed by atoms with E-state index in [9.17, 15) is 13.2 Å². The van der Waals surface area contributed by atoms with Crippen molar-refractivity contribution >= 4 is 27.4 Å². The number of fused-ring (bicyclic) bond motifs is 1. The Morgan fingerprint density at radius 3 is 2.57 bits per heavy atom. The van der Waals surface area contributed by atoms with E-state index < -0.39 is 9.84 Å². The Morgan fingerprint density at radius 1 is 1.09 bits per heavy atom. The summed E-state index contributed by atoms with van der Waals surface area (Å²) < 4.78 is 36.8. The summed E-state index contributed by atoms with van der Waals surface area (Å²) in [5, 5.41) is 0. The second kappa shape index (κ2) is 9.64. The first-order valence-electron chi connectivity index (χ1n) is 12.4. The Morgan fingerprint density at radius 2 is 1.86 bits per heavy atom. The largest absolute Gasteiger partial charge is 0.474 e. The van der Waals surface area contributed by atoms with Gasteiger partial charge in [0.1, 0.15) is 18.2 Å². The molecule has 2 aromatic rings. The maximum Gasteiger partial charge on any atom is 0.410 e. The van der Waals surface area contributed by atoms with Gasteiger partial charge in [-0.25, -0.2) is 23.2 Å². The van der Waals surface area contributed by atoms with Gasteiger partial charge < -0.3 is 19.3 Å². The van der Waals surface area contributed by atoms with Crippen LogP contribution in [0.1, 0.15) is 45.1 Å². The number of hydrogen-bond acceptors (Lipinski definition) is 8. The summed E-state index contributed by atoms with van der Waals surface area (Å²) in [6.07, 6.45) is 5.24. The van der Waals surface area contributed by atoms with Crippen molar-refractivity contribution in [2.24, 2.45) is 5.92 Å². The summed E-state index contributed by atoms with van der Waals surface area (Å²) in [6.45, 7) is 5.57. The van der Waals surface area contributed by atoms with Crippen LogP contribution >= 0.6 is 0 Å². The van der Waals surface area contributed by atoms with Crippen LogP contribution in [0, 0.1) is 5.92 Å². The Hall–Kier alpha value is -2.88. The van der Waals surface area contributed by atoms with E-state index in [4.69, 9.17) is 9.47 Å². The predicted octanol–water partition coefficient (Wildman–Crippen LogP) is 3.74. The molecule has 3 aliphatic rings. The summed E-state index contributed by atoms with van der Waals surface area (Å²) in [6, 6.07) is 7.25. The van der Waals surface area contributed by atoms with Crippen LogP contribution < -0.4 is 9.64 Å². The lowest BCUT2D eigenvalue weighted by Gasteiger charge is -2.31. The van der Waals surface area contributed by atoms with E-state index >= 15 is 0 Å². The molecule has 0 atom stereocenters. The number of carbonyl (C=O) groups is 1. The van der Waals surface area contributed by atoms with E-state index in [1.807, 2.05) is 32.0 Å². The molecule has 9 nitrogen and oxygen atoms in total. The molecule has 1 aromatic carbocycles. The zero-order chi connectivity index (χ0) is 24.6. The molecule has 35 heavy (non-hydrogen) atoms. The highest BCUT2D eigenvalue weighted by Gasteiger charge is 2.31. The number of amides is 1. The van der Waals surface area contributed by atoms with E-state index in [0.29, 0.717) is 49.2 Å². The average molecular weight is 501 g/mol. The first-order valence-corrected chi connectivity index (χ1v) is 14.0. The van der Waals surface area contributed by atoms with Gasteiger partial charge in [0.05, 0.1) is 16.8 Å². The van der Waals surface area contributed by atoms with Crippen molar-refractivity contribution in [2.75, 3.05) is 30.3 Å². The van der Waals surface area contributed by atoms with Gasteiger partial charge in [0.2, 0.25) is 5.88 Å². The van der Waals surface area contributed by atoms with Gasteiger partial charge in [-0.1, -0.05) is 0 Å². The van der Waals surface area contributed by atoms with Crippen LogP contribution in [0.15, 0.2) is 35.5 Å². The van der Waals surface area contributed by atoms with Crippen LogP contribution in [0.2, 0.25) is 0 Å². The van der Waals surface area contributed by atoms with Gasteiger partial charge in [-0.15, -0.1) is 0 Å². The van der Waals surface area contributed by atoms with Crippen LogP contribution in [0.3, 0.4) is 0 Å². The van der Waals surface area contributed by atoms with Crippen molar-refractivity contribution in [3.8, 4) is 5.88 Å². The van der Waals surface area contributed by atoms with Gasteiger partial charge in [-0.05, 0) is 62.8 Å². The molecule has 5 rings (SSSR count). The Labute approximate surface area is 206 Å². The highest BCUT2D eigenvalue weighted by atomic mass is 32.2. The number of rotatable bonds is 7. The normalized spacial score (nSPS) is 18.6. The summed E-state index contributed by atoms with van der Waals surface area (Å²) in [4.78, 5) is 25.0. The molecular weight excluding hydrogens is 468 g/mol. The molecule has 0 radical (unpaired) electrons. The highest BCUT2D eigenvalue weighted by molar-refractivity contribution is 7.91. The summed E-state index contributed by atoms with van der Waals surface area (Å²) in [7, 11) is -3.24. The van der Waals surface area contributed by atoms with E-state index in [-0.39, 0.29) is 24.1 Å². The molecule has 2 fully saturated rings.